The molecule has 1 heterocycles. The molecule has 0 spiro atoms. The summed E-state index contributed by atoms with van der Waals surface area (Å²) in [5.74, 6) is 0.838. The molecule has 92 valence electrons. The summed E-state index contributed by atoms with van der Waals surface area (Å²) in [7, 11) is 0. The normalized spacial score (nSPS) is 16.7. The molecule has 0 aliphatic carbocycles. The third kappa shape index (κ3) is 2.36. The van der Waals surface area contributed by atoms with Crippen LogP contribution < -0.4 is 4.74 Å². The van der Waals surface area contributed by atoms with E-state index in [2.05, 4.69) is 30.8 Å². The number of hydrogen-bond acceptors (Lipinski definition) is 1. The number of hydrogen-bond donors (Lipinski definition) is 0. The highest BCUT2D eigenvalue weighted by Gasteiger charge is 2.08. The predicted octanol–water partition coefficient (Wildman–Crippen LogP) is 4.83. The van der Waals surface area contributed by atoms with Crippen molar-refractivity contribution in [1.82, 2.24) is 0 Å². The van der Waals surface area contributed by atoms with Crippen molar-refractivity contribution >= 4 is 5.57 Å². The summed E-state index contributed by atoms with van der Waals surface area (Å²) in [6.07, 6.45) is 7.47. The van der Waals surface area contributed by atoms with Gasteiger partial charge in [-0.1, -0.05) is 55.1 Å². The van der Waals surface area contributed by atoms with Crippen LogP contribution in [0.15, 0.2) is 79.6 Å². The molecule has 2 aromatic rings. The molecular formula is C18H14O. The Bertz CT molecular complexity index is 663. The molecule has 0 bridgehead atoms. The van der Waals surface area contributed by atoms with Gasteiger partial charge in [-0.2, -0.15) is 0 Å². The number of fused-ring (bicyclic) bond motifs is 1. The average Bonchev–Trinajstić information content (AvgIpc) is 2.45. The van der Waals surface area contributed by atoms with Gasteiger partial charge in [0, 0.05) is 5.56 Å². The lowest BCUT2D eigenvalue weighted by Gasteiger charge is -2.12. The summed E-state index contributed by atoms with van der Waals surface area (Å²) < 4.78 is 5.60. The summed E-state index contributed by atoms with van der Waals surface area (Å²) >= 11 is 0. The predicted molar refractivity (Wildman–Crippen MR) is 79.8 cm³/mol. The maximum Gasteiger partial charge on any atom is 0.134 e. The van der Waals surface area contributed by atoms with Crippen LogP contribution in [0.3, 0.4) is 0 Å². The Balaban J connectivity index is 2.10. The number of rotatable bonds is 1. The highest BCUT2D eigenvalue weighted by Crippen LogP contribution is 2.32. The van der Waals surface area contributed by atoms with Gasteiger partial charge in [0.25, 0.3) is 0 Å². The summed E-state index contributed by atoms with van der Waals surface area (Å²) in [6, 6.07) is 16.5. The molecular weight excluding hydrogens is 232 g/mol. The van der Waals surface area contributed by atoms with Gasteiger partial charge in [0.15, 0.2) is 0 Å². The summed E-state index contributed by atoms with van der Waals surface area (Å²) in [5.41, 5.74) is 4.35. The van der Waals surface area contributed by atoms with Gasteiger partial charge in [0.2, 0.25) is 0 Å². The van der Waals surface area contributed by atoms with Crippen molar-refractivity contribution in [3.8, 4) is 16.9 Å². The Hall–Kier alpha value is -2.54. The van der Waals surface area contributed by atoms with Crippen LogP contribution in [-0.2, 0) is 0 Å². The van der Waals surface area contributed by atoms with E-state index >= 15 is 0 Å². The number of ether oxygens (including phenoxy) is 1. The highest BCUT2D eigenvalue weighted by molar-refractivity contribution is 5.80. The van der Waals surface area contributed by atoms with E-state index < -0.39 is 0 Å². The lowest BCUT2D eigenvalue weighted by Crippen LogP contribution is -1.92. The van der Waals surface area contributed by atoms with Gasteiger partial charge >= 0.3 is 0 Å². The molecule has 0 amide bonds. The van der Waals surface area contributed by atoms with Crippen LogP contribution in [0.5, 0.6) is 5.75 Å². The Labute approximate surface area is 113 Å². The summed E-state index contributed by atoms with van der Waals surface area (Å²) in [4.78, 5) is 0. The third-order valence-corrected chi connectivity index (χ3v) is 3.11. The second-order valence-electron chi connectivity index (χ2n) is 4.41. The maximum absolute atomic E-state index is 5.60. The van der Waals surface area contributed by atoms with Crippen LogP contribution in [0.1, 0.15) is 5.56 Å². The van der Waals surface area contributed by atoms with E-state index in [4.69, 9.17) is 4.74 Å². The third-order valence-electron chi connectivity index (χ3n) is 3.11. The van der Waals surface area contributed by atoms with Crippen molar-refractivity contribution in [3.63, 3.8) is 0 Å². The van der Waals surface area contributed by atoms with Crippen LogP contribution in [0.25, 0.3) is 16.7 Å². The molecule has 0 radical (unpaired) electrons. The van der Waals surface area contributed by atoms with E-state index in [-0.39, 0.29) is 0 Å². The van der Waals surface area contributed by atoms with Gasteiger partial charge in [-0.25, -0.2) is 0 Å². The van der Waals surface area contributed by atoms with Crippen molar-refractivity contribution in [1.29, 1.82) is 0 Å². The first-order chi connectivity index (χ1) is 9.34. The smallest absolute Gasteiger partial charge is 0.134 e. The largest absolute Gasteiger partial charge is 0.464 e. The zero-order chi connectivity index (χ0) is 13.1. The lowest BCUT2D eigenvalue weighted by molar-refractivity contribution is 0.479. The van der Waals surface area contributed by atoms with Crippen molar-refractivity contribution in [2.24, 2.45) is 0 Å². The lowest BCUT2D eigenvalue weighted by atomic mass is 9.98. The van der Waals surface area contributed by atoms with Crippen molar-refractivity contribution in [3.05, 3.63) is 85.2 Å². The molecule has 0 N–H and O–H groups in total. The SMILES string of the molecule is C=C1/C=C\C=C/Oc2ccc(-c3ccccc3)cc21. The Kier molecular flexibility index (Phi) is 3.03. The van der Waals surface area contributed by atoms with E-state index in [1.807, 2.05) is 42.5 Å². The first-order valence-corrected chi connectivity index (χ1v) is 6.23. The fraction of sp³-hybridized carbons (Fsp3) is 0. The monoisotopic (exact) mass is 246 g/mol. The zero-order valence-corrected chi connectivity index (χ0v) is 10.5. The van der Waals surface area contributed by atoms with Gasteiger partial charge in [-0.3, -0.25) is 0 Å². The minimum absolute atomic E-state index is 0.838. The molecule has 0 saturated heterocycles. The molecule has 1 aliphatic heterocycles. The molecule has 3 rings (SSSR count). The first-order valence-electron chi connectivity index (χ1n) is 6.23. The molecule has 1 heteroatoms. The molecule has 19 heavy (non-hydrogen) atoms. The van der Waals surface area contributed by atoms with E-state index in [0.717, 1.165) is 16.9 Å². The molecule has 1 nitrogen and oxygen atoms in total. The fourth-order valence-electron chi connectivity index (χ4n) is 2.11. The standard InChI is InChI=1S/C18H14O/c1-14-7-5-6-12-19-18-11-10-16(13-17(14)18)15-8-3-2-4-9-15/h2-13H,1H2/b7-5-,12-6-. The van der Waals surface area contributed by atoms with Gasteiger partial charge in [-0.05, 0) is 34.9 Å². The molecule has 0 fully saturated rings. The van der Waals surface area contributed by atoms with Gasteiger partial charge < -0.3 is 4.74 Å². The Morgan fingerprint density at radius 3 is 2.53 bits per heavy atom. The minimum Gasteiger partial charge on any atom is -0.464 e. The highest BCUT2D eigenvalue weighted by atomic mass is 16.5. The summed E-state index contributed by atoms with van der Waals surface area (Å²) in [6.45, 7) is 4.09. The molecule has 0 aromatic heterocycles. The molecule has 0 saturated carbocycles. The van der Waals surface area contributed by atoms with E-state index in [9.17, 15) is 0 Å². The Morgan fingerprint density at radius 1 is 0.842 bits per heavy atom. The van der Waals surface area contributed by atoms with Gasteiger partial charge in [0.1, 0.15) is 5.75 Å². The quantitative estimate of drug-likeness (QED) is 0.700. The van der Waals surface area contributed by atoms with Crippen molar-refractivity contribution in [2.75, 3.05) is 0 Å². The van der Waals surface area contributed by atoms with Gasteiger partial charge in [0.05, 0.1) is 6.26 Å². The maximum atomic E-state index is 5.60. The van der Waals surface area contributed by atoms with Crippen LogP contribution in [0.2, 0.25) is 0 Å². The van der Waals surface area contributed by atoms with Gasteiger partial charge in [-0.15, -0.1) is 0 Å². The Morgan fingerprint density at radius 2 is 1.68 bits per heavy atom. The number of benzene rings is 2. The van der Waals surface area contributed by atoms with E-state index in [0.29, 0.717) is 0 Å². The molecule has 1 aliphatic rings. The van der Waals surface area contributed by atoms with Crippen LogP contribution in [-0.4, -0.2) is 0 Å². The van der Waals surface area contributed by atoms with E-state index in [1.54, 1.807) is 6.26 Å². The van der Waals surface area contributed by atoms with E-state index in [1.165, 1.54) is 11.1 Å². The molecule has 0 atom stereocenters. The fourth-order valence-corrected chi connectivity index (χ4v) is 2.11. The van der Waals surface area contributed by atoms with Crippen LogP contribution >= 0.6 is 0 Å². The van der Waals surface area contributed by atoms with Crippen molar-refractivity contribution < 1.29 is 4.74 Å². The topological polar surface area (TPSA) is 9.23 Å². The van der Waals surface area contributed by atoms with Crippen LogP contribution in [0, 0.1) is 0 Å². The second-order valence-corrected chi connectivity index (χ2v) is 4.41. The van der Waals surface area contributed by atoms with Crippen molar-refractivity contribution in [2.45, 2.75) is 0 Å². The summed E-state index contributed by atoms with van der Waals surface area (Å²) in [5, 5.41) is 0. The average molecular weight is 246 g/mol. The zero-order valence-electron chi connectivity index (χ0n) is 10.5. The number of allylic oxidation sites excluding steroid dienone is 4. The second kappa shape index (κ2) is 4.99. The first kappa shape index (κ1) is 11.5. The molecule has 2 aromatic carbocycles. The minimum atomic E-state index is 0.838. The van der Waals surface area contributed by atoms with Crippen LogP contribution in [0.4, 0.5) is 0 Å². The molecule has 0 unspecified atom stereocenters.